The zero-order chi connectivity index (χ0) is 13.7. The van der Waals surface area contributed by atoms with Gasteiger partial charge in [0.25, 0.3) is 0 Å². The molecule has 0 radical (unpaired) electrons. The minimum absolute atomic E-state index is 0.333. The number of ether oxygens (including phenoxy) is 1. The number of nitrogens with zero attached hydrogens (tertiary/aromatic N) is 1. The first-order valence-electron chi connectivity index (χ1n) is 7.30. The first kappa shape index (κ1) is 14.5. The van der Waals surface area contributed by atoms with Crippen LogP contribution in [0.2, 0.25) is 0 Å². The van der Waals surface area contributed by atoms with E-state index in [0.29, 0.717) is 6.10 Å². The Kier molecular flexibility index (Phi) is 5.37. The molecule has 1 unspecified atom stereocenters. The smallest absolute Gasteiger partial charge is 0.0826 e. The van der Waals surface area contributed by atoms with Gasteiger partial charge in [0.15, 0.2) is 0 Å². The highest BCUT2D eigenvalue weighted by molar-refractivity contribution is 5.30. The molecule has 0 aromatic heterocycles. The van der Waals surface area contributed by atoms with Crippen molar-refractivity contribution in [2.75, 3.05) is 32.8 Å². The van der Waals surface area contributed by atoms with Crippen molar-refractivity contribution in [3.8, 4) is 0 Å². The van der Waals surface area contributed by atoms with Gasteiger partial charge in [-0.2, -0.15) is 0 Å². The van der Waals surface area contributed by atoms with Gasteiger partial charge in [-0.1, -0.05) is 30.7 Å². The lowest BCUT2D eigenvalue weighted by molar-refractivity contribution is -0.0253. The van der Waals surface area contributed by atoms with Crippen molar-refractivity contribution < 1.29 is 4.74 Å². The van der Waals surface area contributed by atoms with Crippen LogP contribution in [-0.4, -0.2) is 43.8 Å². The summed E-state index contributed by atoms with van der Waals surface area (Å²) in [5.41, 5.74) is 4.08. The second kappa shape index (κ2) is 7.04. The van der Waals surface area contributed by atoms with Gasteiger partial charge in [-0.3, -0.25) is 4.90 Å². The van der Waals surface area contributed by atoms with Crippen molar-refractivity contribution in [1.29, 1.82) is 0 Å². The molecule has 1 atom stereocenters. The van der Waals surface area contributed by atoms with Crippen LogP contribution in [0.5, 0.6) is 0 Å². The molecular formula is C16H26N2O. The van der Waals surface area contributed by atoms with Gasteiger partial charge in [0, 0.05) is 26.2 Å². The Hall–Kier alpha value is -0.900. The first-order chi connectivity index (χ1) is 9.19. The fourth-order valence-corrected chi connectivity index (χ4v) is 2.60. The van der Waals surface area contributed by atoms with Crippen LogP contribution in [0.15, 0.2) is 18.2 Å². The summed E-state index contributed by atoms with van der Waals surface area (Å²) >= 11 is 0. The van der Waals surface area contributed by atoms with Gasteiger partial charge in [0.05, 0.1) is 12.7 Å². The van der Waals surface area contributed by atoms with Gasteiger partial charge in [0.1, 0.15) is 0 Å². The van der Waals surface area contributed by atoms with Crippen LogP contribution in [0.25, 0.3) is 0 Å². The quantitative estimate of drug-likeness (QED) is 0.879. The SMILES string of the molecule is CCN1CCOC(CNCc2ccc(C)cc2C)C1. The Morgan fingerprint density at radius 2 is 2.21 bits per heavy atom. The molecule has 106 valence electrons. The van der Waals surface area contributed by atoms with E-state index in [-0.39, 0.29) is 0 Å². The van der Waals surface area contributed by atoms with E-state index < -0.39 is 0 Å². The summed E-state index contributed by atoms with van der Waals surface area (Å²) in [6.07, 6.45) is 0.333. The van der Waals surface area contributed by atoms with Crippen molar-refractivity contribution in [2.45, 2.75) is 33.4 Å². The molecule has 3 heteroatoms. The molecule has 19 heavy (non-hydrogen) atoms. The van der Waals surface area contributed by atoms with Gasteiger partial charge in [0.2, 0.25) is 0 Å². The largest absolute Gasteiger partial charge is 0.374 e. The lowest BCUT2D eigenvalue weighted by Crippen LogP contribution is -2.46. The molecule has 0 aliphatic carbocycles. The van der Waals surface area contributed by atoms with Gasteiger partial charge in [-0.05, 0) is 31.5 Å². The van der Waals surface area contributed by atoms with Crippen LogP contribution in [0.3, 0.4) is 0 Å². The molecule has 1 aromatic rings. The third kappa shape index (κ3) is 4.30. The predicted molar refractivity (Wildman–Crippen MR) is 79.5 cm³/mol. The molecule has 0 saturated carbocycles. The molecular weight excluding hydrogens is 236 g/mol. The maximum absolute atomic E-state index is 5.79. The number of aryl methyl sites for hydroxylation is 2. The van der Waals surface area contributed by atoms with E-state index in [0.717, 1.165) is 39.3 Å². The molecule has 0 amide bonds. The Balaban J connectivity index is 1.76. The molecule has 3 nitrogen and oxygen atoms in total. The van der Waals surface area contributed by atoms with Crippen LogP contribution in [-0.2, 0) is 11.3 Å². The van der Waals surface area contributed by atoms with Crippen molar-refractivity contribution in [3.63, 3.8) is 0 Å². The molecule has 1 aromatic carbocycles. The fourth-order valence-electron chi connectivity index (χ4n) is 2.60. The lowest BCUT2D eigenvalue weighted by atomic mass is 10.1. The highest BCUT2D eigenvalue weighted by Gasteiger charge is 2.18. The summed E-state index contributed by atoms with van der Waals surface area (Å²) in [5.74, 6) is 0. The molecule has 1 aliphatic rings. The Bertz CT molecular complexity index is 406. The summed E-state index contributed by atoms with van der Waals surface area (Å²) in [5, 5.41) is 3.52. The van der Waals surface area contributed by atoms with E-state index in [1.54, 1.807) is 0 Å². The lowest BCUT2D eigenvalue weighted by Gasteiger charge is -2.32. The summed E-state index contributed by atoms with van der Waals surface area (Å²) in [4.78, 5) is 2.45. The Labute approximate surface area is 116 Å². The van der Waals surface area contributed by atoms with Crippen molar-refractivity contribution in [3.05, 3.63) is 34.9 Å². The summed E-state index contributed by atoms with van der Waals surface area (Å²) in [6, 6.07) is 6.64. The molecule has 0 spiro atoms. The fraction of sp³-hybridized carbons (Fsp3) is 0.625. The number of hydrogen-bond donors (Lipinski definition) is 1. The number of nitrogens with one attached hydrogen (secondary N) is 1. The minimum atomic E-state index is 0.333. The van der Waals surface area contributed by atoms with Gasteiger partial charge in [-0.15, -0.1) is 0 Å². The topological polar surface area (TPSA) is 24.5 Å². The zero-order valence-corrected chi connectivity index (χ0v) is 12.4. The third-order valence-corrected chi connectivity index (χ3v) is 3.86. The van der Waals surface area contributed by atoms with E-state index in [1.165, 1.54) is 16.7 Å². The van der Waals surface area contributed by atoms with Gasteiger partial charge >= 0.3 is 0 Å². The highest BCUT2D eigenvalue weighted by Crippen LogP contribution is 2.10. The second-order valence-corrected chi connectivity index (χ2v) is 5.45. The number of hydrogen-bond acceptors (Lipinski definition) is 3. The second-order valence-electron chi connectivity index (χ2n) is 5.45. The van der Waals surface area contributed by atoms with Crippen LogP contribution in [0.4, 0.5) is 0 Å². The van der Waals surface area contributed by atoms with Gasteiger partial charge in [-0.25, -0.2) is 0 Å². The van der Waals surface area contributed by atoms with E-state index in [2.05, 4.69) is 49.2 Å². The number of rotatable bonds is 5. The summed E-state index contributed by atoms with van der Waals surface area (Å²) < 4.78 is 5.79. The third-order valence-electron chi connectivity index (χ3n) is 3.86. The molecule has 2 rings (SSSR count). The standard InChI is InChI=1S/C16H26N2O/c1-4-18-7-8-19-16(12-18)11-17-10-15-6-5-13(2)9-14(15)3/h5-6,9,16-17H,4,7-8,10-12H2,1-3H3. The number of likely N-dealkylation sites (N-methyl/N-ethyl adjacent to an activating group) is 1. The van der Waals surface area contributed by atoms with E-state index in [4.69, 9.17) is 4.74 Å². The molecule has 1 N–H and O–H groups in total. The summed E-state index contributed by atoms with van der Waals surface area (Å²) in [6.45, 7) is 12.5. The Morgan fingerprint density at radius 3 is 2.95 bits per heavy atom. The number of morpholine rings is 1. The number of benzene rings is 1. The van der Waals surface area contributed by atoms with Crippen molar-refractivity contribution in [1.82, 2.24) is 10.2 Å². The van der Waals surface area contributed by atoms with Crippen LogP contribution in [0.1, 0.15) is 23.6 Å². The van der Waals surface area contributed by atoms with E-state index in [1.807, 2.05) is 0 Å². The first-order valence-corrected chi connectivity index (χ1v) is 7.30. The van der Waals surface area contributed by atoms with E-state index >= 15 is 0 Å². The molecule has 1 aliphatic heterocycles. The monoisotopic (exact) mass is 262 g/mol. The Morgan fingerprint density at radius 1 is 1.37 bits per heavy atom. The molecule has 1 heterocycles. The normalized spacial score (nSPS) is 20.7. The average Bonchev–Trinajstić information content (AvgIpc) is 2.41. The predicted octanol–water partition coefficient (Wildman–Crippen LogP) is 2.11. The van der Waals surface area contributed by atoms with Crippen LogP contribution < -0.4 is 5.32 Å². The maximum Gasteiger partial charge on any atom is 0.0826 e. The van der Waals surface area contributed by atoms with Crippen LogP contribution in [0, 0.1) is 13.8 Å². The average molecular weight is 262 g/mol. The van der Waals surface area contributed by atoms with E-state index in [9.17, 15) is 0 Å². The molecule has 1 fully saturated rings. The highest BCUT2D eigenvalue weighted by atomic mass is 16.5. The summed E-state index contributed by atoms with van der Waals surface area (Å²) in [7, 11) is 0. The van der Waals surface area contributed by atoms with Crippen molar-refractivity contribution >= 4 is 0 Å². The molecule has 0 bridgehead atoms. The minimum Gasteiger partial charge on any atom is -0.374 e. The van der Waals surface area contributed by atoms with Gasteiger partial charge < -0.3 is 10.1 Å². The van der Waals surface area contributed by atoms with Crippen molar-refractivity contribution in [2.24, 2.45) is 0 Å². The van der Waals surface area contributed by atoms with Crippen LogP contribution >= 0.6 is 0 Å². The zero-order valence-electron chi connectivity index (χ0n) is 12.4. The maximum atomic E-state index is 5.79. The molecule has 1 saturated heterocycles.